The van der Waals surface area contributed by atoms with Gasteiger partial charge in [0.05, 0.1) is 18.1 Å². The largest absolute Gasteiger partial charge is 0.301 e. The summed E-state index contributed by atoms with van der Waals surface area (Å²) in [6.45, 7) is 0.791. The molecule has 0 aliphatic heterocycles. The van der Waals surface area contributed by atoms with Gasteiger partial charge in [-0.3, -0.25) is 0 Å². The Balaban J connectivity index is 2.47. The monoisotopic (exact) mass is 191 g/mol. The molecule has 1 rings (SSSR count). The molecule has 0 N–H and O–H groups in total. The lowest BCUT2D eigenvalue weighted by Crippen LogP contribution is -2.39. The van der Waals surface area contributed by atoms with Gasteiger partial charge in [0.2, 0.25) is 0 Å². The number of nitriles is 2. The number of hydrogen-bond acceptors (Lipinski definition) is 3. The van der Waals surface area contributed by atoms with Crippen molar-refractivity contribution >= 4 is 0 Å². The van der Waals surface area contributed by atoms with E-state index in [1.165, 1.54) is 12.8 Å². The molecule has 1 saturated carbocycles. The first-order chi connectivity index (χ1) is 6.79. The maximum absolute atomic E-state index is 8.99. The second-order valence-corrected chi connectivity index (χ2v) is 3.98. The molecule has 2 unspecified atom stereocenters. The Kier molecular flexibility index (Phi) is 4.43. The van der Waals surface area contributed by atoms with Crippen molar-refractivity contribution in [2.75, 3.05) is 13.6 Å². The van der Waals surface area contributed by atoms with Gasteiger partial charge in [-0.25, -0.2) is 0 Å². The number of nitrogens with zero attached hydrogens (tertiary/aromatic N) is 3. The highest BCUT2D eigenvalue weighted by Gasteiger charge is 2.27. The Morgan fingerprint density at radius 2 is 2.00 bits per heavy atom. The molecular weight excluding hydrogens is 174 g/mol. The van der Waals surface area contributed by atoms with E-state index in [9.17, 15) is 0 Å². The second-order valence-electron chi connectivity index (χ2n) is 3.98. The van der Waals surface area contributed by atoms with E-state index < -0.39 is 0 Å². The Morgan fingerprint density at radius 3 is 2.64 bits per heavy atom. The van der Waals surface area contributed by atoms with E-state index in [0.717, 1.165) is 19.4 Å². The summed E-state index contributed by atoms with van der Waals surface area (Å²) in [6, 6.07) is 4.91. The van der Waals surface area contributed by atoms with E-state index in [0.29, 0.717) is 12.5 Å². The van der Waals surface area contributed by atoms with E-state index in [2.05, 4.69) is 17.0 Å². The SMILES string of the molecule is CN(CCC#N)C1CCCCC1C#N. The molecule has 0 aromatic carbocycles. The highest BCUT2D eigenvalue weighted by atomic mass is 15.1. The molecule has 3 heteroatoms. The van der Waals surface area contributed by atoms with Gasteiger partial charge in [0.1, 0.15) is 0 Å². The van der Waals surface area contributed by atoms with Gasteiger partial charge in [0.25, 0.3) is 0 Å². The summed E-state index contributed by atoms with van der Waals surface area (Å²) in [5.74, 6) is 0.174. The van der Waals surface area contributed by atoms with Crippen LogP contribution in [-0.4, -0.2) is 24.5 Å². The summed E-state index contributed by atoms with van der Waals surface area (Å²) < 4.78 is 0. The molecule has 1 aliphatic rings. The summed E-state index contributed by atoms with van der Waals surface area (Å²) in [7, 11) is 2.03. The highest BCUT2D eigenvalue weighted by Crippen LogP contribution is 2.27. The van der Waals surface area contributed by atoms with Crippen molar-refractivity contribution in [1.82, 2.24) is 4.90 Å². The van der Waals surface area contributed by atoms with Gasteiger partial charge in [-0.15, -0.1) is 0 Å². The van der Waals surface area contributed by atoms with Crippen LogP contribution >= 0.6 is 0 Å². The molecule has 0 heterocycles. The first-order valence-corrected chi connectivity index (χ1v) is 5.26. The lowest BCUT2D eigenvalue weighted by atomic mass is 9.84. The van der Waals surface area contributed by atoms with Crippen LogP contribution in [0.15, 0.2) is 0 Å². The van der Waals surface area contributed by atoms with Crippen LogP contribution in [0.3, 0.4) is 0 Å². The summed E-state index contributed by atoms with van der Waals surface area (Å²) in [5, 5.41) is 17.5. The maximum atomic E-state index is 8.99. The summed E-state index contributed by atoms with van der Waals surface area (Å²) in [5.41, 5.74) is 0. The molecule has 0 saturated heterocycles. The van der Waals surface area contributed by atoms with Crippen LogP contribution in [0.25, 0.3) is 0 Å². The smallest absolute Gasteiger partial charge is 0.0672 e. The fourth-order valence-corrected chi connectivity index (χ4v) is 2.18. The minimum atomic E-state index is 0.174. The molecule has 3 nitrogen and oxygen atoms in total. The van der Waals surface area contributed by atoms with Crippen molar-refractivity contribution in [3.05, 3.63) is 0 Å². The van der Waals surface area contributed by atoms with E-state index in [1.54, 1.807) is 0 Å². The number of hydrogen-bond donors (Lipinski definition) is 0. The fourth-order valence-electron chi connectivity index (χ4n) is 2.18. The fraction of sp³-hybridized carbons (Fsp3) is 0.818. The normalized spacial score (nSPS) is 26.9. The minimum absolute atomic E-state index is 0.174. The lowest BCUT2D eigenvalue weighted by Gasteiger charge is -2.34. The van der Waals surface area contributed by atoms with Crippen molar-refractivity contribution in [2.45, 2.75) is 38.1 Å². The molecule has 0 aromatic rings. The number of rotatable bonds is 3. The van der Waals surface area contributed by atoms with Crippen LogP contribution in [0.2, 0.25) is 0 Å². The van der Waals surface area contributed by atoms with Crippen molar-refractivity contribution in [2.24, 2.45) is 5.92 Å². The maximum Gasteiger partial charge on any atom is 0.0672 e. The van der Waals surface area contributed by atoms with Gasteiger partial charge < -0.3 is 4.90 Å². The topological polar surface area (TPSA) is 50.8 Å². The molecule has 0 bridgehead atoms. The van der Waals surface area contributed by atoms with Crippen molar-refractivity contribution in [3.8, 4) is 12.1 Å². The third-order valence-corrected chi connectivity index (χ3v) is 3.04. The van der Waals surface area contributed by atoms with Gasteiger partial charge >= 0.3 is 0 Å². The Morgan fingerprint density at radius 1 is 1.29 bits per heavy atom. The Bertz CT molecular complexity index is 248. The molecule has 0 aromatic heterocycles. The highest BCUT2D eigenvalue weighted by molar-refractivity contribution is 4.95. The van der Waals surface area contributed by atoms with Crippen molar-refractivity contribution in [3.63, 3.8) is 0 Å². The molecule has 1 aliphatic carbocycles. The van der Waals surface area contributed by atoms with Crippen LogP contribution in [0.5, 0.6) is 0 Å². The molecule has 1 fully saturated rings. The second kappa shape index (κ2) is 5.62. The lowest BCUT2D eigenvalue weighted by molar-refractivity contribution is 0.160. The average Bonchev–Trinajstić information content (AvgIpc) is 2.25. The Labute approximate surface area is 85.9 Å². The minimum Gasteiger partial charge on any atom is -0.301 e. The van der Waals surface area contributed by atoms with Crippen LogP contribution in [0.4, 0.5) is 0 Å². The van der Waals surface area contributed by atoms with Gasteiger partial charge in [-0.1, -0.05) is 12.8 Å². The molecule has 0 amide bonds. The van der Waals surface area contributed by atoms with Crippen LogP contribution in [0, 0.1) is 28.6 Å². The predicted octanol–water partition coefficient (Wildman–Crippen LogP) is 1.91. The molecule has 2 atom stereocenters. The standard InChI is InChI=1S/C11H17N3/c1-14(8-4-7-12)11-6-3-2-5-10(11)9-13/h10-11H,2-6,8H2,1H3. The van der Waals surface area contributed by atoms with Gasteiger partial charge in [-0.05, 0) is 19.9 Å². The molecular formula is C11H17N3. The van der Waals surface area contributed by atoms with E-state index in [1.807, 2.05) is 7.05 Å². The van der Waals surface area contributed by atoms with Crippen molar-refractivity contribution < 1.29 is 0 Å². The van der Waals surface area contributed by atoms with Crippen molar-refractivity contribution in [1.29, 1.82) is 10.5 Å². The molecule has 14 heavy (non-hydrogen) atoms. The zero-order valence-corrected chi connectivity index (χ0v) is 8.74. The van der Waals surface area contributed by atoms with Gasteiger partial charge in [0, 0.05) is 19.0 Å². The zero-order chi connectivity index (χ0) is 10.4. The summed E-state index contributed by atoms with van der Waals surface area (Å²) in [6.07, 6.45) is 5.10. The molecule has 0 spiro atoms. The molecule has 76 valence electrons. The van der Waals surface area contributed by atoms with Crippen LogP contribution < -0.4 is 0 Å². The van der Waals surface area contributed by atoms with Crippen LogP contribution in [-0.2, 0) is 0 Å². The van der Waals surface area contributed by atoms with E-state index in [-0.39, 0.29) is 5.92 Å². The average molecular weight is 191 g/mol. The van der Waals surface area contributed by atoms with Gasteiger partial charge in [-0.2, -0.15) is 10.5 Å². The quantitative estimate of drug-likeness (QED) is 0.684. The first kappa shape index (κ1) is 11.0. The van der Waals surface area contributed by atoms with Crippen LogP contribution in [0.1, 0.15) is 32.1 Å². The third-order valence-electron chi connectivity index (χ3n) is 3.04. The van der Waals surface area contributed by atoms with E-state index >= 15 is 0 Å². The summed E-state index contributed by atoms with van der Waals surface area (Å²) in [4.78, 5) is 2.18. The Hall–Kier alpha value is -1.06. The summed E-state index contributed by atoms with van der Waals surface area (Å²) >= 11 is 0. The van der Waals surface area contributed by atoms with E-state index in [4.69, 9.17) is 10.5 Å². The zero-order valence-electron chi connectivity index (χ0n) is 8.74. The predicted molar refractivity (Wildman–Crippen MR) is 54.2 cm³/mol. The first-order valence-electron chi connectivity index (χ1n) is 5.26. The third kappa shape index (κ3) is 2.72. The van der Waals surface area contributed by atoms with Gasteiger partial charge in [0.15, 0.2) is 0 Å². The molecule has 0 radical (unpaired) electrons.